The van der Waals surface area contributed by atoms with Gasteiger partial charge in [-0.2, -0.15) is 24.9 Å². The molecule has 154 valence electrons. The van der Waals surface area contributed by atoms with Crippen molar-refractivity contribution in [2.75, 3.05) is 10.3 Å². The molecule has 0 saturated carbocycles. The van der Waals surface area contributed by atoms with E-state index in [1.54, 1.807) is 48.3 Å². The summed E-state index contributed by atoms with van der Waals surface area (Å²) in [4.78, 5) is 34.4. The number of anilines is 2. The molecule has 0 radical (unpaired) electrons. The SMILES string of the molecule is Cc1cc(NC(=O)c2cccs2)n(C2=NC(=O)C3C=NN(c4cccc(Cl)c4)C3=N2)n1. The third-order valence-electron chi connectivity index (χ3n) is 4.58. The number of aromatic nitrogens is 2. The number of aryl methyl sites for hydroxylation is 1. The number of hydrazone groups is 1. The first-order chi connectivity index (χ1) is 15.0. The summed E-state index contributed by atoms with van der Waals surface area (Å²) in [6.45, 7) is 1.77. The molecular weight excluding hydrogens is 438 g/mol. The van der Waals surface area contributed by atoms with Crippen LogP contribution in [0.2, 0.25) is 5.02 Å². The number of amides is 2. The number of carbonyl (C=O) groups excluding carboxylic acids is 2. The normalized spacial score (nSPS) is 17.4. The van der Waals surface area contributed by atoms with E-state index in [1.807, 2.05) is 11.4 Å². The Kier molecular flexibility index (Phi) is 4.72. The number of thiophene rings is 1. The summed E-state index contributed by atoms with van der Waals surface area (Å²) in [6.07, 6.45) is 1.50. The van der Waals surface area contributed by atoms with E-state index < -0.39 is 11.8 Å². The molecule has 11 heteroatoms. The number of amidine groups is 1. The summed E-state index contributed by atoms with van der Waals surface area (Å²) >= 11 is 7.43. The molecular formula is C20H14ClN7O2S. The van der Waals surface area contributed by atoms with Crippen LogP contribution >= 0.6 is 22.9 Å². The average molecular weight is 452 g/mol. The van der Waals surface area contributed by atoms with E-state index in [0.717, 1.165) is 0 Å². The number of halogens is 1. The molecule has 31 heavy (non-hydrogen) atoms. The lowest BCUT2D eigenvalue weighted by atomic mass is 10.1. The lowest BCUT2D eigenvalue weighted by Gasteiger charge is -2.20. The lowest BCUT2D eigenvalue weighted by molar-refractivity contribution is -0.118. The zero-order chi connectivity index (χ0) is 21.5. The highest BCUT2D eigenvalue weighted by molar-refractivity contribution is 7.12. The predicted molar refractivity (Wildman–Crippen MR) is 120 cm³/mol. The largest absolute Gasteiger partial charge is 0.306 e. The molecule has 5 rings (SSSR count). The molecule has 1 N–H and O–H groups in total. The lowest BCUT2D eigenvalue weighted by Crippen LogP contribution is -2.36. The molecule has 1 aromatic carbocycles. The first-order valence-corrected chi connectivity index (χ1v) is 10.5. The van der Waals surface area contributed by atoms with Gasteiger partial charge in [0.25, 0.3) is 17.8 Å². The van der Waals surface area contributed by atoms with E-state index >= 15 is 0 Å². The number of rotatable bonds is 3. The highest BCUT2D eigenvalue weighted by Crippen LogP contribution is 2.27. The summed E-state index contributed by atoms with van der Waals surface area (Å²) in [5.74, 6) is -0.600. The zero-order valence-electron chi connectivity index (χ0n) is 16.1. The standard InChI is InChI=1S/C20H14ClN7O2S/c1-11-8-16(23-19(30)15-6-3-7-31-15)28(26-11)20-24-17-14(18(29)25-20)10-22-27(17)13-5-2-4-12(21)9-13/h2-10,14H,1H3,(H,23,30). The molecule has 1 unspecified atom stereocenters. The number of hydrogen-bond donors (Lipinski definition) is 1. The Morgan fingerprint density at radius 1 is 1.19 bits per heavy atom. The van der Waals surface area contributed by atoms with Gasteiger partial charge in [0.05, 0.1) is 16.3 Å². The molecule has 1 atom stereocenters. The maximum atomic E-state index is 12.7. The number of carbonyl (C=O) groups is 2. The van der Waals surface area contributed by atoms with E-state index in [-0.39, 0.29) is 11.9 Å². The Morgan fingerprint density at radius 2 is 2.06 bits per heavy atom. The summed E-state index contributed by atoms with van der Waals surface area (Å²) < 4.78 is 1.34. The van der Waals surface area contributed by atoms with Crippen LogP contribution in [-0.2, 0) is 4.79 Å². The fourth-order valence-corrected chi connectivity index (χ4v) is 4.01. The molecule has 0 spiro atoms. The van der Waals surface area contributed by atoms with Gasteiger partial charge in [-0.25, -0.2) is 5.01 Å². The average Bonchev–Trinajstić information content (AvgIpc) is 3.47. The second-order valence-corrected chi connectivity index (χ2v) is 8.15. The van der Waals surface area contributed by atoms with Gasteiger partial charge < -0.3 is 5.32 Å². The zero-order valence-corrected chi connectivity index (χ0v) is 17.6. The number of benzene rings is 1. The summed E-state index contributed by atoms with van der Waals surface area (Å²) in [5.41, 5.74) is 1.30. The molecule has 0 bridgehead atoms. The van der Waals surface area contributed by atoms with Gasteiger partial charge in [0, 0.05) is 17.3 Å². The van der Waals surface area contributed by atoms with Crippen molar-refractivity contribution in [3.63, 3.8) is 0 Å². The third-order valence-corrected chi connectivity index (χ3v) is 5.68. The number of hydrogen-bond acceptors (Lipinski definition) is 7. The fraction of sp³-hybridized carbons (Fsp3) is 0.100. The summed E-state index contributed by atoms with van der Waals surface area (Å²) in [5, 5.41) is 15.4. The van der Waals surface area contributed by atoms with Gasteiger partial charge in [-0.15, -0.1) is 11.3 Å². The van der Waals surface area contributed by atoms with E-state index in [0.29, 0.717) is 32.9 Å². The second-order valence-electron chi connectivity index (χ2n) is 6.77. The first kappa shape index (κ1) is 19.3. The summed E-state index contributed by atoms with van der Waals surface area (Å²) in [7, 11) is 0. The first-order valence-electron chi connectivity index (χ1n) is 9.22. The van der Waals surface area contributed by atoms with Crippen molar-refractivity contribution in [2.24, 2.45) is 21.0 Å². The second kappa shape index (κ2) is 7.56. The van der Waals surface area contributed by atoms with E-state index in [9.17, 15) is 9.59 Å². The molecule has 0 aliphatic carbocycles. The summed E-state index contributed by atoms with van der Waals surface area (Å²) in [6, 6.07) is 12.3. The Bertz CT molecular complexity index is 1290. The van der Waals surface area contributed by atoms with Crippen molar-refractivity contribution in [3.05, 3.63) is 63.4 Å². The molecule has 9 nitrogen and oxygen atoms in total. The monoisotopic (exact) mass is 451 g/mol. The van der Waals surface area contributed by atoms with Crippen LogP contribution in [0.25, 0.3) is 0 Å². The van der Waals surface area contributed by atoms with Gasteiger partial charge in [0.1, 0.15) is 11.7 Å². The molecule has 0 saturated heterocycles. The van der Waals surface area contributed by atoms with Crippen LogP contribution in [0.3, 0.4) is 0 Å². The molecule has 2 amide bonds. The molecule has 2 aliphatic heterocycles. The molecule has 0 fully saturated rings. The van der Waals surface area contributed by atoms with Crippen molar-refractivity contribution in [1.29, 1.82) is 0 Å². The minimum Gasteiger partial charge on any atom is -0.306 e. The van der Waals surface area contributed by atoms with Crippen LogP contribution in [0.4, 0.5) is 11.5 Å². The Morgan fingerprint density at radius 3 is 2.84 bits per heavy atom. The highest BCUT2D eigenvalue weighted by Gasteiger charge is 2.37. The van der Waals surface area contributed by atoms with Gasteiger partial charge >= 0.3 is 0 Å². The van der Waals surface area contributed by atoms with E-state index in [1.165, 1.54) is 22.2 Å². The van der Waals surface area contributed by atoms with Crippen LogP contribution in [0.5, 0.6) is 0 Å². The van der Waals surface area contributed by atoms with Crippen LogP contribution in [-0.4, -0.2) is 39.6 Å². The Hall–Kier alpha value is -3.63. The molecule has 3 aromatic rings. The Labute approximate surface area is 185 Å². The predicted octanol–water partition coefficient (Wildman–Crippen LogP) is 3.42. The fourth-order valence-electron chi connectivity index (χ4n) is 3.21. The maximum absolute atomic E-state index is 12.7. The molecule has 2 aliphatic rings. The van der Waals surface area contributed by atoms with E-state index in [4.69, 9.17) is 11.6 Å². The number of nitrogens with one attached hydrogen (secondary N) is 1. The maximum Gasteiger partial charge on any atom is 0.266 e. The van der Waals surface area contributed by atoms with E-state index in [2.05, 4.69) is 25.5 Å². The van der Waals surface area contributed by atoms with Crippen molar-refractivity contribution in [3.8, 4) is 0 Å². The van der Waals surface area contributed by atoms with Gasteiger partial charge in [-0.3, -0.25) is 9.59 Å². The number of nitrogens with zero attached hydrogens (tertiary/aromatic N) is 6. The Balaban J connectivity index is 1.51. The highest BCUT2D eigenvalue weighted by atomic mass is 35.5. The number of fused-ring (bicyclic) bond motifs is 1. The smallest absolute Gasteiger partial charge is 0.266 e. The molecule has 4 heterocycles. The van der Waals surface area contributed by atoms with Crippen LogP contribution in [0.1, 0.15) is 15.4 Å². The van der Waals surface area contributed by atoms with Gasteiger partial charge in [-0.05, 0) is 36.6 Å². The topological polar surface area (TPSA) is 104 Å². The van der Waals surface area contributed by atoms with Gasteiger partial charge in [0.2, 0.25) is 0 Å². The van der Waals surface area contributed by atoms with Gasteiger partial charge in [0.15, 0.2) is 5.84 Å². The van der Waals surface area contributed by atoms with Crippen molar-refractivity contribution in [1.82, 2.24) is 9.78 Å². The van der Waals surface area contributed by atoms with Crippen LogP contribution in [0.15, 0.2) is 62.9 Å². The van der Waals surface area contributed by atoms with Crippen LogP contribution < -0.4 is 10.3 Å². The van der Waals surface area contributed by atoms with Crippen molar-refractivity contribution >= 4 is 64.3 Å². The van der Waals surface area contributed by atoms with Crippen molar-refractivity contribution in [2.45, 2.75) is 6.92 Å². The third kappa shape index (κ3) is 3.56. The minimum absolute atomic E-state index is 0.0448. The minimum atomic E-state index is -0.691. The quantitative estimate of drug-likeness (QED) is 0.658. The van der Waals surface area contributed by atoms with Gasteiger partial charge in [-0.1, -0.05) is 23.7 Å². The molecule has 2 aromatic heterocycles. The number of aliphatic imine (C=N–C) groups is 2. The van der Waals surface area contributed by atoms with Crippen LogP contribution in [0, 0.1) is 12.8 Å². The van der Waals surface area contributed by atoms with Crippen molar-refractivity contribution < 1.29 is 9.59 Å².